The predicted octanol–water partition coefficient (Wildman–Crippen LogP) is 0.948. The predicted molar refractivity (Wildman–Crippen MR) is 68.0 cm³/mol. The minimum absolute atomic E-state index is 0.0441. The molecular weight excluding hydrogens is 240 g/mol. The van der Waals surface area contributed by atoms with Gasteiger partial charge in [0.2, 0.25) is 5.91 Å². The van der Waals surface area contributed by atoms with Crippen molar-refractivity contribution in [1.82, 2.24) is 20.0 Å². The minimum Gasteiger partial charge on any atom is -0.347 e. The average Bonchev–Trinajstić information content (AvgIpc) is 2.49. The van der Waals surface area contributed by atoms with Crippen LogP contribution in [0.3, 0.4) is 0 Å². The summed E-state index contributed by atoms with van der Waals surface area (Å²) in [5.74, 6) is 0.0441. The molecule has 1 atom stereocenters. The van der Waals surface area contributed by atoms with E-state index in [1.165, 1.54) is 0 Å². The third-order valence-electron chi connectivity index (χ3n) is 2.67. The number of aryl methyl sites for hydroxylation is 2. The van der Waals surface area contributed by atoms with E-state index in [9.17, 15) is 4.79 Å². The van der Waals surface area contributed by atoms with Gasteiger partial charge in [-0.15, -0.1) is 0 Å². The maximum Gasteiger partial charge on any atom is 0.238 e. The van der Waals surface area contributed by atoms with Gasteiger partial charge in [0.25, 0.3) is 0 Å². The molecule has 1 unspecified atom stereocenters. The lowest BCUT2D eigenvalue weighted by atomic mass is 10.2. The number of nitrogens with one attached hydrogen (secondary N) is 1. The molecule has 0 bridgehead atoms. The summed E-state index contributed by atoms with van der Waals surface area (Å²) in [5.41, 5.74) is 1.82. The van der Waals surface area contributed by atoms with Gasteiger partial charge >= 0.3 is 0 Å². The SMILES string of the molecule is Cc1nn(C)c(Cl)c1CNC(C)C(=O)N(C)C. The fourth-order valence-corrected chi connectivity index (χ4v) is 1.85. The number of halogens is 1. The lowest BCUT2D eigenvalue weighted by Crippen LogP contribution is -2.41. The van der Waals surface area contributed by atoms with Crippen molar-refractivity contribution in [2.75, 3.05) is 14.1 Å². The van der Waals surface area contributed by atoms with E-state index < -0.39 is 0 Å². The summed E-state index contributed by atoms with van der Waals surface area (Å²) in [7, 11) is 5.28. The highest BCUT2D eigenvalue weighted by Gasteiger charge is 2.16. The van der Waals surface area contributed by atoms with E-state index in [0.29, 0.717) is 11.7 Å². The van der Waals surface area contributed by atoms with Gasteiger partial charge in [-0.25, -0.2) is 0 Å². The van der Waals surface area contributed by atoms with Crippen LogP contribution in [0.5, 0.6) is 0 Å². The maximum absolute atomic E-state index is 11.6. The van der Waals surface area contributed by atoms with Crippen molar-refractivity contribution in [2.45, 2.75) is 26.4 Å². The first-order valence-corrected chi connectivity index (χ1v) is 5.85. The number of aromatic nitrogens is 2. The Kier molecular flexibility index (Phi) is 4.54. The molecule has 1 heterocycles. The largest absolute Gasteiger partial charge is 0.347 e. The first-order chi connectivity index (χ1) is 7.84. The zero-order valence-electron chi connectivity index (χ0n) is 10.9. The standard InChI is InChI=1S/C11H19ClN4O/c1-7-9(10(12)16(5)14-7)6-13-8(2)11(17)15(3)4/h8,13H,6H2,1-5H3. The molecule has 6 heteroatoms. The van der Waals surface area contributed by atoms with Gasteiger partial charge in [0.05, 0.1) is 11.7 Å². The molecule has 0 aromatic carbocycles. The van der Waals surface area contributed by atoms with Gasteiger partial charge in [0.15, 0.2) is 0 Å². The van der Waals surface area contributed by atoms with Crippen LogP contribution in [0.25, 0.3) is 0 Å². The van der Waals surface area contributed by atoms with Crippen LogP contribution < -0.4 is 5.32 Å². The van der Waals surface area contributed by atoms with Gasteiger partial charge in [0, 0.05) is 33.3 Å². The lowest BCUT2D eigenvalue weighted by Gasteiger charge is -2.17. The van der Waals surface area contributed by atoms with Crippen LogP contribution in [0.2, 0.25) is 5.15 Å². The van der Waals surface area contributed by atoms with Crippen molar-refractivity contribution >= 4 is 17.5 Å². The second-order valence-corrected chi connectivity index (χ2v) is 4.67. The van der Waals surface area contributed by atoms with Crippen molar-refractivity contribution in [3.05, 3.63) is 16.4 Å². The number of carbonyl (C=O) groups is 1. The molecular formula is C11H19ClN4O. The van der Waals surface area contributed by atoms with E-state index in [0.717, 1.165) is 11.3 Å². The second kappa shape index (κ2) is 5.51. The minimum atomic E-state index is -0.235. The monoisotopic (exact) mass is 258 g/mol. The molecule has 1 aromatic rings. The van der Waals surface area contributed by atoms with Gasteiger partial charge in [-0.2, -0.15) is 5.10 Å². The van der Waals surface area contributed by atoms with Crippen molar-refractivity contribution in [3.63, 3.8) is 0 Å². The van der Waals surface area contributed by atoms with Crippen molar-refractivity contribution in [2.24, 2.45) is 7.05 Å². The lowest BCUT2D eigenvalue weighted by molar-refractivity contribution is -0.130. The van der Waals surface area contributed by atoms with Crippen LogP contribution in [0.4, 0.5) is 0 Å². The Hall–Kier alpha value is -1.07. The van der Waals surface area contributed by atoms with E-state index in [-0.39, 0.29) is 11.9 Å². The molecule has 17 heavy (non-hydrogen) atoms. The number of rotatable bonds is 4. The van der Waals surface area contributed by atoms with Crippen LogP contribution in [0.15, 0.2) is 0 Å². The highest BCUT2D eigenvalue weighted by molar-refractivity contribution is 6.30. The number of nitrogens with zero attached hydrogens (tertiary/aromatic N) is 3. The molecule has 1 amide bonds. The molecule has 1 rings (SSSR count). The van der Waals surface area contributed by atoms with E-state index in [2.05, 4.69) is 10.4 Å². The zero-order chi connectivity index (χ0) is 13.2. The molecule has 0 saturated heterocycles. The van der Waals surface area contributed by atoms with Crippen molar-refractivity contribution < 1.29 is 4.79 Å². The van der Waals surface area contributed by atoms with Crippen LogP contribution in [0.1, 0.15) is 18.2 Å². The topological polar surface area (TPSA) is 50.2 Å². The number of carbonyl (C=O) groups excluding carboxylic acids is 1. The van der Waals surface area contributed by atoms with Gasteiger partial charge in [-0.05, 0) is 13.8 Å². The fraction of sp³-hybridized carbons (Fsp3) is 0.636. The fourth-order valence-electron chi connectivity index (χ4n) is 1.60. The van der Waals surface area contributed by atoms with Gasteiger partial charge in [-0.1, -0.05) is 11.6 Å². The number of hydrogen-bond donors (Lipinski definition) is 1. The van der Waals surface area contributed by atoms with E-state index in [1.54, 1.807) is 30.7 Å². The summed E-state index contributed by atoms with van der Waals surface area (Å²) in [6.45, 7) is 4.28. The number of amides is 1. The molecule has 5 nitrogen and oxygen atoms in total. The van der Waals surface area contributed by atoms with Gasteiger partial charge in [-0.3, -0.25) is 9.48 Å². The van der Waals surface area contributed by atoms with Gasteiger partial charge < -0.3 is 10.2 Å². The molecule has 0 aliphatic heterocycles. The molecule has 0 saturated carbocycles. The summed E-state index contributed by atoms with van der Waals surface area (Å²) >= 11 is 6.10. The van der Waals surface area contributed by atoms with E-state index >= 15 is 0 Å². The molecule has 1 N–H and O–H groups in total. The van der Waals surface area contributed by atoms with E-state index in [4.69, 9.17) is 11.6 Å². The quantitative estimate of drug-likeness (QED) is 0.875. The molecule has 0 fully saturated rings. The number of hydrogen-bond acceptors (Lipinski definition) is 3. The highest BCUT2D eigenvalue weighted by atomic mass is 35.5. The zero-order valence-corrected chi connectivity index (χ0v) is 11.7. The maximum atomic E-state index is 11.6. The summed E-state index contributed by atoms with van der Waals surface area (Å²) in [6, 6.07) is -0.235. The highest BCUT2D eigenvalue weighted by Crippen LogP contribution is 2.18. The van der Waals surface area contributed by atoms with Crippen LogP contribution >= 0.6 is 11.6 Å². The normalized spacial score (nSPS) is 12.6. The Morgan fingerprint density at radius 3 is 2.59 bits per heavy atom. The van der Waals surface area contributed by atoms with Crippen LogP contribution in [-0.2, 0) is 18.4 Å². The third kappa shape index (κ3) is 3.20. The summed E-state index contributed by atoms with van der Waals surface area (Å²) < 4.78 is 1.63. The van der Waals surface area contributed by atoms with Crippen LogP contribution in [0, 0.1) is 6.92 Å². The summed E-state index contributed by atoms with van der Waals surface area (Å²) in [6.07, 6.45) is 0. The average molecular weight is 259 g/mol. The van der Waals surface area contributed by atoms with Crippen LogP contribution in [-0.4, -0.2) is 40.7 Å². The summed E-state index contributed by atoms with van der Waals surface area (Å²) in [5, 5.41) is 7.97. The molecule has 96 valence electrons. The molecule has 0 radical (unpaired) electrons. The molecule has 0 aliphatic rings. The Morgan fingerprint density at radius 1 is 1.59 bits per heavy atom. The van der Waals surface area contributed by atoms with E-state index in [1.807, 2.05) is 13.8 Å². The Labute approximate surface area is 107 Å². The Bertz CT molecular complexity index is 414. The van der Waals surface area contributed by atoms with Crippen molar-refractivity contribution in [1.29, 1.82) is 0 Å². The van der Waals surface area contributed by atoms with Crippen molar-refractivity contribution in [3.8, 4) is 0 Å². The molecule has 1 aromatic heterocycles. The second-order valence-electron chi connectivity index (χ2n) is 4.31. The Balaban J connectivity index is 2.65. The third-order valence-corrected chi connectivity index (χ3v) is 3.14. The molecule has 0 spiro atoms. The van der Waals surface area contributed by atoms with Gasteiger partial charge in [0.1, 0.15) is 5.15 Å². The number of likely N-dealkylation sites (N-methyl/N-ethyl adjacent to an activating group) is 1. The molecule has 0 aliphatic carbocycles. The first kappa shape index (κ1) is 14.0. The first-order valence-electron chi connectivity index (χ1n) is 5.47. The summed E-state index contributed by atoms with van der Waals surface area (Å²) in [4.78, 5) is 13.2. The Morgan fingerprint density at radius 2 is 2.18 bits per heavy atom. The smallest absolute Gasteiger partial charge is 0.238 e.